The summed E-state index contributed by atoms with van der Waals surface area (Å²) in [6, 6.07) is 17.6. The second-order valence-corrected chi connectivity index (χ2v) is 11.0. The van der Waals surface area contributed by atoms with Crippen molar-refractivity contribution in [1.29, 1.82) is 0 Å². The summed E-state index contributed by atoms with van der Waals surface area (Å²) in [7, 11) is -2.78. The maximum atomic E-state index is 13.7. The summed E-state index contributed by atoms with van der Waals surface area (Å²) in [5, 5.41) is 3.01. The second kappa shape index (κ2) is 11.2. The molecule has 1 aliphatic rings. The Bertz CT molecular complexity index is 1400. The Morgan fingerprint density at radius 2 is 1.70 bits per heavy atom. The Labute approximate surface area is 221 Å². The van der Waals surface area contributed by atoms with Crippen LogP contribution in [0.15, 0.2) is 71.6 Å². The number of nitrogens with one attached hydrogen (secondary N) is 1. The van der Waals surface area contributed by atoms with Crippen LogP contribution in [-0.4, -0.2) is 51.9 Å². The number of aryl methyl sites for hydroxylation is 1. The zero-order chi connectivity index (χ0) is 26.6. The molecule has 1 aliphatic heterocycles. The third-order valence-corrected chi connectivity index (χ3v) is 8.14. The summed E-state index contributed by atoms with van der Waals surface area (Å²) < 4.78 is 33.8. The molecule has 1 fully saturated rings. The summed E-state index contributed by atoms with van der Waals surface area (Å²) in [6.07, 6.45) is 1.88. The number of para-hydroxylation sites is 1. The van der Waals surface area contributed by atoms with Crippen LogP contribution in [0.5, 0.6) is 5.75 Å². The van der Waals surface area contributed by atoms with Gasteiger partial charge in [0.25, 0.3) is 15.9 Å². The fourth-order valence-corrected chi connectivity index (χ4v) is 5.77. The summed E-state index contributed by atoms with van der Waals surface area (Å²) in [4.78, 5) is 28.1. The van der Waals surface area contributed by atoms with Gasteiger partial charge in [-0.2, -0.15) is 0 Å². The minimum absolute atomic E-state index is 0.0116. The Morgan fingerprint density at radius 3 is 2.38 bits per heavy atom. The highest BCUT2D eigenvalue weighted by molar-refractivity contribution is 7.92. The number of anilines is 2. The van der Waals surface area contributed by atoms with Crippen LogP contribution in [0.2, 0.25) is 5.02 Å². The van der Waals surface area contributed by atoms with Crippen molar-refractivity contribution in [1.82, 2.24) is 4.90 Å². The Hall–Kier alpha value is -3.56. The van der Waals surface area contributed by atoms with Crippen LogP contribution in [-0.2, 0) is 14.8 Å². The van der Waals surface area contributed by atoms with E-state index >= 15 is 0 Å². The number of benzene rings is 3. The summed E-state index contributed by atoms with van der Waals surface area (Å²) >= 11 is 6.20. The SMILES string of the molecule is COc1ccc(Cl)cc1N(CC(=O)Nc1ccccc1C(=O)N1CCCC1)S(=O)(=O)c1ccc(C)cc1. The van der Waals surface area contributed by atoms with Gasteiger partial charge in [0.2, 0.25) is 5.91 Å². The monoisotopic (exact) mass is 541 g/mol. The molecule has 10 heteroatoms. The molecule has 2 amide bonds. The molecule has 0 bridgehead atoms. The molecule has 3 aromatic rings. The van der Waals surface area contributed by atoms with Gasteiger partial charge in [-0.3, -0.25) is 13.9 Å². The van der Waals surface area contributed by atoms with Crippen molar-refractivity contribution in [3.05, 3.63) is 82.9 Å². The first-order valence-electron chi connectivity index (χ1n) is 11.8. The fraction of sp³-hybridized carbons (Fsp3) is 0.259. The highest BCUT2D eigenvalue weighted by Crippen LogP contribution is 2.35. The smallest absolute Gasteiger partial charge is 0.264 e. The minimum atomic E-state index is -4.19. The molecule has 1 saturated heterocycles. The average Bonchev–Trinajstić information content (AvgIpc) is 3.42. The molecule has 1 heterocycles. The third-order valence-electron chi connectivity index (χ3n) is 6.13. The van der Waals surface area contributed by atoms with Gasteiger partial charge >= 0.3 is 0 Å². The van der Waals surface area contributed by atoms with Gasteiger partial charge in [-0.05, 0) is 62.2 Å². The highest BCUT2D eigenvalue weighted by atomic mass is 35.5. The van der Waals surface area contributed by atoms with E-state index < -0.39 is 22.5 Å². The lowest BCUT2D eigenvalue weighted by Gasteiger charge is -2.26. The van der Waals surface area contributed by atoms with Crippen molar-refractivity contribution >= 4 is 44.8 Å². The predicted octanol–water partition coefficient (Wildman–Crippen LogP) is 4.73. The summed E-state index contributed by atoms with van der Waals surface area (Å²) in [5.74, 6) is -0.564. The number of hydrogen-bond donors (Lipinski definition) is 1. The molecule has 0 aromatic heterocycles. The highest BCUT2D eigenvalue weighted by Gasteiger charge is 2.30. The van der Waals surface area contributed by atoms with E-state index in [1.807, 2.05) is 6.92 Å². The Kier molecular flexibility index (Phi) is 8.04. The van der Waals surface area contributed by atoms with Gasteiger partial charge in [0.15, 0.2) is 0 Å². The number of methoxy groups -OCH3 is 1. The largest absolute Gasteiger partial charge is 0.495 e. The number of nitrogens with zero attached hydrogens (tertiary/aromatic N) is 2. The number of rotatable bonds is 8. The van der Waals surface area contributed by atoms with Crippen molar-refractivity contribution in [2.75, 3.05) is 36.4 Å². The molecule has 0 spiro atoms. The molecule has 8 nitrogen and oxygen atoms in total. The predicted molar refractivity (Wildman–Crippen MR) is 144 cm³/mol. The quantitative estimate of drug-likeness (QED) is 0.445. The topological polar surface area (TPSA) is 96.0 Å². The van der Waals surface area contributed by atoms with E-state index in [9.17, 15) is 18.0 Å². The number of amides is 2. The van der Waals surface area contributed by atoms with Gasteiger partial charge < -0.3 is 15.0 Å². The van der Waals surface area contributed by atoms with Crippen molar-refractivity contribution in [3.63, 3.8) is 0 Å². The lowest BCUT2D eigenvalue weighted by Crippen LogP contribution is -2.38. The van der Waals surface area contributed by atoms with Crippen LogP contribution in [0.3, 0.4) is 0 Å². The van der Waals surface area contributed by atoms with Crippen molar-refractivity contribution in [2.24, 2.45) is 0 Å². The Morgan fingerprint density at radius 1 is 1.03 bits per heavy atom. The number of likely N-dealkylation sites (tertiary alicyclic amines) is 1. The van der Waals surface area contributed by atoms with Crippen molar-refractivity contribution in [2.45, 2.75) is 24.7 Å². The zero-order valence-corrected chi connectivity index (χ0v) is 22.2. The summed E-state index contributed by atoms with van der Waals surface area (Å²) in [5.41, 5.74) is 1.68. The van der Waals surface area contributed by atoms with Crippen LogP contribution in [0, 0.1) is 6.92 Å². The standard InChI is InChI=1S/C27H28ClN3O5S/c1-19-9-12-21(13-10-19)37(34,35)31(24-17-20(28)11-14-25(24)36-2)18-26(32)29-23-8-4-3-7-22(23)27(33)30-15-5-6-16-30/h3-4,7-14,17H,5-6,15-16,18H2,1-2H3,(H,29,32). The van der Waals surface area contributed by atoms with E-state index in [4.69, 9.17) is 16.3 Å². The number of sulfonamides is 1. The Balaban J connectivity index is 1.68. The van der Waals surface area contributed by atoms with Crippen LogP contribution in [0.25, 0.3) is 0 Å². The molecule has 4 rings (SSSR count). The first-order valence-corrected chi connectivity index (χ1v) is 13.6. The number of hydrogen-bond acceptors (Lipinski definition) is 5. The van der Waals surface area contributed by atoms with Gasteiger partial charge in [-0.25, -0.2) is 8.42 Å². The van der Waals surface area contributed by atoms with Gasteiger partial charge in [-0.15, -0.1) is 0 Å². The molecular weight excluding hydrogens is 514 g/mol. The molecule has 194 valence electrons. The number of carbonyl (C=O) groups excluding carboxylic acids is 2. The van der Waals surface area contributed by atoms with E-state index in [1.165, 1.54) is 31.4 Å². The van der Waals surface area contributed by atoms with Crippen LogP contribution in [0.1, 0.15) is 28.8 Å². The van der Waals surface area contributed by atoms with Crippen molar-refractivity contribution in [3.8, 4) is 5.75 Å². The zero-order valence-electron chi connectivity index (χ0n) is 20.6. The van der Waals surface area contributed by atoms with Gasteiger partial charge in [0.1, 0.15) is 12.3 Å². The van der Waals surface area contributed by atoms with Gasteiger partial charge in [0.05, 0.1) is 28.9 Å². The maximum absolute atomic E-state index is 13.7. The minimum Gasteiger partial charge on any atom is -0.495 e. The van der Waals surface area contributed by atoms with E-state index in [1.54, 1.807) is 47.4 Å². The molecule has 0 saturated carbocycles. The van der Waals surface area contributed by atoms with Gasteiger partial charge in [0, 0.05) is 18.1 Å². The lowest BCUT2D eigenvalue weighted by molar-refractivity contribution is -0.114. The number of ether oxygens (including phenoxy) is 1. The van der Waals surface area contributed by atoms with E-state index in [-0.39, 0.29) is 27.3 Å². The molecule has 1 N–H and O–H groups in total. The van der Waals surface area contributed by atoms with E-state index in [0.717, 1.165) is 22.7 Å². The fourth-order valence-electron chi connectivity index (χ4n) is 4.18. The molecular formula is C27H28ClN3O5S. The normalized spacial score (nSPS) is 13.3. The molecule has 0 atom stereocenters. The van der Waals surface area contributed by atoms with Crippen LogP contribution < -0.4 is 14.4 Å². The molecule has 3 aromatic carbocycles. The lowest BCUT2D eigenvalue weighted by atomic mass is 10.1. The molecule has 37 heavy (non-hydrogen) atoms. The van der Waals surface area contributed by atoms with Crippen LogP contribution in [0.4, 0.5) is 11.4 Å². The molecule has 0 radical (unpaired) electrons. The number of carbonyl (C=O) groups is 2. The first kappa shape index (κ1) is 26.5. The third kappa shape index (κ3) is 5.89. The van der Waals surface area contributed by atoms with E-state index in [2.05, 4.69) is 5.32 Å². The molecule has 0 aliphatic carbocycles. The average molecular weight is 542 g/mol. The second-order valence-electron chi connectivity index (χ2n) is 8.73. The summed E-state index contributed by atoms with van der Waals surface area (Å²) in [6.45, 7) is 2.61. The van der Waals surface area contributed by atoms with Crippen molar-refractivity contribution < 1.29 is 22.7 Å². The van der Waals surface area contributed by atoms with Crippen LogP contribution >= 0.6 is 11.6 Å². The molecule has 0 unspecified atom stereocenters. The first-order chi connectivity index (χ1) is 17.7. The van der Waals surface area contributed by atoms with E-state index in [0.29, 0.717) is 24.3 Å². The number of halogens is 1. The maximum Gasteiger partial charge on any atom is 0.264 e. The van der Waals surface area contributed by atoms with Gasteiger partial charge in [-0.1, -0.05) is 41.4 Å².